The average molecular weight is 604 g/mol. The van der Waals surface area contributed by atoms with Crippen molar-refractivity contribution in [1.29, 1.82) is 5.41 Å². The summed E-state index contributed by atoms with van der Waals surface area (Å²) in [6, 6.07) is 4.74. The van der Waals surface area contributed by atoms with E-state index in [4.69, 9.17) is 10.1 Å². The lowest BCUT2D eigenvalue weighted by molar-refractivity contribution is -0.133. The van der Waals surface area contributed by atoms with Crippen molar-refractivity contribution in [3.63, 3.8) is 0 Å². The van der Waals surface area contributed by atoms with Crippen LogP contribution in [0.5, 0.6) is 0 Å². The van der Waals surface area contributed by atoms with Crippen molar-refractivity contribution in [2.45, 2.75) is 32.2 Å². The molecule has 12 heteroatoms. The molecule has 2 amide bonds. The molecule has 2 aromatic rings. The minimum absolute atomic E-state index is 0.0425. The lowest BCUT2D eigenvalue weighted by atomic mass is 10.1. The molecule has 12 nitrogen and oxygen atoms in total. The Morgan fingerprint density at radius 3 is 2.66 bits per heavy atom. The quantitative estimate of drug-likeness (QED) is 0.0486. The number of ether oxygens (including phenoxy) is 1. The maximum absolute atomic E-state index is 12.7. The van der Waals surface area contributed by atoms with E-state index in [0.717, 1.165) is 18.7 Å². The molecule has 0 aliphatic rings. The third kappa shape index (κ3) is 11.1. The van der Waals surface area contributed by atoms with Crippen LogP contribution in [0, 0.1) is 17.3 Å². The largest absolute Gasteiger partial charge is 0.481 e. The van der Waals surface area contributed by atoms with E-state index in [-0.39, 0.29) is 17.7 Å². The van der Waals surface area contributed by atoms with E-state index in [1.54, 1.807) is 32.4 Å². The molecule has 0 saturated heterocycles. The number of anilines is 4. The van der Waals surface area contributed by atoms with Gasteiger partial charge in [0.15, 0.2) is 0 Å². The molecule has 0 bridgehead atoms. The third-order valence-electron chi connectivity index (χ3n) is 6.31. The number of methoxy groups -OCH3 is 1. The zero-order chi connectivity index (χ0) is 32.5. The molecule has 0 unspecified atom stereocenters. The first kappa shape index (κ1) is 35.3. The van der Waals surface area contributed by atoms with E-state index in [1.807, 2.05) is 31.1 Å². The summed E-state index contributed by atoms with van der Waals surface area (Å²) in [5, 5.41) is 20.5. The number of carbonyl (C=O) groups is 2. The van der Waals surface area contributed by atoms with Crippen LogP contribution in [0.15, 0.2) is 49.2 Å². The van der Waals surface area contributed by atoms with Crippen LogP contribution in [-0.2, 0) is 14.3 Å². The van der Waals surface area contributed by atoms with Gasteiger partial charge in [-0.25, -0.2) is 4.98 Å². The fraction of sp³-hybridized carbons (Fsp3) is 0.406. The van der Waals surface area contributed by atoms with Crippen molar-refractivity contribution in [3.8, 4) is 11.8 Å². The molecule has 0 fully saturated rings. The number of nitrogens with zero attached hydrogens (tertiary/aromatic N) is 4. The second kappa shape index (κ2) is 18.6. The van der Waals surface area contributed by atoms with Gasteiger partial charge in [-0.2, -0.15) is 4.98 Å². The summed E-state index contributed by atoms with van der Waals surface area (Å²) in [6.07, 6.45) is 8.41. The average Bonchev–Trinajstić information content (AvgIpc) is 3.01. The predicted octanol–water partition coefficient (Wildman–Crippen LogP) is 3.43. The fourth-order valence-corrected chi connectivity index (χ4v) is 3.89. The number of carbonyl (C=O) groups excluding carboxylic acids is 2. The molecule has 1 heterocycles. The fourth-order valence-electron chi connectivity index (χ4n) is 3.89. The summed E-state index contributed by atoms with van der Waals surface area (Å²) in [5.74, 6) is 6.75. The summed E-state index contributed by atoms with van der Waals surface area (Å²) >= 11 is 0. The summed E-state index contributed by atoms with van der Waals surface area (Å²) in [7, 11) is 8.64. The maximum atomic E-state index is 12.7. The second-order valence-electron chi connectivity index (χ2n) is 10.0. The van der Waals surface area contributed by atoms with Gasteiger partial charge in [-0.3, -0.25) is 15.0 Å². The molecule has 2 rings (SSSR count). The molecule has 0 spiro atoms. The zero-order valence-corrected chi connectivity index (χ0v) is 26.6. The van der Waals surface area contributed by atoms with E-state index in [1.165, 1.54) is 24.2 Å². The molecule has 1 aromatic heterocycles. The molecule has 0 aliphatic carbocycles. The Kier molecular flexibility index (Phi) is 14.9. The van der Waals surface area contributed by atoms with Gasteiger partial charge in [0.1, 0.15) is 11.9 Å². The smallest absolute Gasteiger partial charge is 0.246 e. The molecule has 0 aliphatic heterocycles. The summed E-state index contributed by atoms with van der Waals surface area (Å²) in [5.41, 5.74) is 2.74. The lowest BCUT2D eigenvalue weighted by Crippen LogP contribution is -2.46. The van der Waals surface area contributed by atoms with Crippen LogP contribution >= 0.6 is 0 Å². The van der Waals surface area contributed by atoms with Gasteiger partial charge in [0.05, 0.1) is 24.4 Å². The van der Waals surface area contributed by atoms with E-state index in [0.29, 0.717) is 54.5 Å². The van der Waals surface area contributed by atoms with Gasteiger partial charge in [-0.15, -0.1) is 6.58 Å². The zero-order valence-electron chi connectivity index (χ0n) is 26.6. The summed E-state index contributed by atoms with van der Waals surface area (Å²) in [4.78, 5) is 37.4. The number of hydrogen-bond donors (Lipinski definition) is 5. The Morgan fingerprint density at radius 2 is 2.00 bits per heavy atom. The van der Waals surface area contributed by atoms with Crippen molar-refractivity contribution >= 4 is 40.9 Å². The highest BCUT2D eigenvalue weighted by Crippen LogP contribution is 2.24. The Morgan fingerprint density at radius 1 is 1.23 bits per heavy atom. The maximum Gasteiger partial charge on any atom is 0.246 e. The Bertz CT molecular complexity index is 1380. The minimum Gasteiger partial charge on any atom is -0.481 e. The van der Waals surface area contributed by atoms with Gasteiger partial charge in [-0.1, -0.05) is 30.9 Å². The van der Waals surface area contributed by atoms with Crippen LogP contribution in [0.2, 0.25) is 0 Å². The third-order valence-corrected chi connectivity index (χ3v) is 6.31. The second-order valence-corrected chi connectivity index (χ2v) is 10.0. The van der Waals surface area contributed by atoms with Crippen molar-refractivity contribution in [3.05, 3.63) is 60.3 Å². The molecule has 0 radical (unpaired) electrons. The molecule has 0 saturated carbocycles. The Balaban J connectivity index is 2.00. The highest BCUT2D eigenvalue weighted by atomic mass is 16.5. The van der Waals surface area contributed by atoms with Crippen LogP contribution in [0.3, 0.4) is 0 Å². The van der Waals surface area contributed by atoms with Crippen molar-refractivity contribution < 1.29 is 14.3 Å². The molecule has 236 valence electrons. The van der Waals surface area contributed by atoms with E-state index >= 15 is 0 Å². The summed E-state index contributed by atoms with van der Waals surface area (Å²) in [6.45, 7) is 7.54. The Labute approximate surface area is 260 Å². The molecule has 5 N–H and O–H groups in total. The number of aromatic nitrogens is 2. The van der Waals surface area contributed by atoms with Gasteiger partial charge >= 0.3 is 0 Å². The molecule has 1 atom stereocenters. The minimum atomic E-state index is -0.769. The molecule has 1 aromatic carbocycles. The van der Waals surface area contributed by atoms with E-state index < -0.39 is 6.04 Å². The summed E-state index contributed by atoms with van der Waals surface area (Å²) < 4.78 is 5.10. The van der Waals surface area contributed by atoms with Crippen LogP contribution in [-0.4, -0.2) is 98.5 Å². The normalized spacial score (nSPS) is 11.2. The number of rotatable bonds is 16. The van der Waals surface area contributed by atoms with Crippen LogP contribution < -0.4 is 21.3 Å². The van der Waals surface area contributed by atoms with Gasteiger partial charge in [0.25, 0.3) is 0 Å². The standard InChI is InChI=1S/C32H45N9O3/c1-8-18-35-30-23(22-37-32(39-30)38-24-16-17-26(34-3)25(21-24)29(33)44-7)14-11-10-12-19-36-31(43)27(9-2)41(6)28(42)15-13-20-40(4)5/h9,13,15-17,21-22,27,33-34H,2,8,10,12,18-20H2,1,3-7H3,(H,36,43)(H2,35,37,38,39)/b15-13+,33-29?/t27-/m0/s1. The number of unbranched alkanes of at least 4 members (excludes halogenated alkanes) is 1. The molecular weight excluding hydrogens is 558 g/mol. The lowest BCUT2D eigenvalue weighted by Gasteiger charge is -2.23. The van der Waals surface area contributed by atoms with E-state index in [9.17, 15) is 9.59 Å². The van der Waals surface area contributed by atoms with Crippen molar-refractivity contribution in [2.75, 3.05) is 70.9 Å². The van der Waals surface area contributed by atoms with Gasteiger partial charge in [-0.05, 0) is 45.1 Å². The van der Waals surface area contributed by atoms with E-state index in [2.05, 4.69) is 56.6 Å². The number of likely N-dealkylation sites (N-methyl/N-ethyl adjacent to an activating group) is 2. The first-order valence-electron chi connectivity index (χ1n) is 14.4. The Hall–Kier alpha value is -4.89. The van der Waals surface area contributed by atoms with Crippen LogP contribution in [0.1, 0.15) is 37.3 Å². The monoisotopic (exact) mass is 603 g/mol. The number of hydrogen-bond acceptors (Lipinski definition) is 10. The first-order valence-corrected chi connectivity index (χ1v) is 14.4. The highest BCUT2D eigenvalue weighted by molar-refractivity contribution is 5.98. The number of amides is 2. The number of nitrogens with one attached hydrogen (secondary N) is 5. The molecule has 44 heavy (non-hydrogen) atoms. The van der Waals surface area contributed by atoms with Gasteiger partial charge in [0.2, 0.25) is 23.7 Å². The van der Waals surface area contributed by atoms with Gasteiger partial charge in [0, 0.05) is 57.6 Å². The van der Waals surface area contributed by atoms with Crippen molar-refractivity contribution in [2.24, 2.45) is 0 Å². The van der Waals surface area contributed by atoms with Gasteiger partial charge < -0.3 is 35.8 Å². The molecular formula is C32H45N9O3. The van der Waals surface area contributed by atoms with Crippen LogP contribution in [0.4, 0.5) is 23.1 Å². The van der Waals surface area contributed by atoms with Crippen molar-refractivity contribution in [1.82, 2.24) is 25.1 Å². The highest BCUT2D eigenvalue weighted by Gasteiger charge is 2.22. The first-order chi connectivity index (χ1) is 21.1. The topological polar surface area (TPSA) is 148 Å². The SMILES string of the molecule is C=C[C@@H](C(=O)NCCCC#Cc1cnc(Nc2ccc(NC)c(C(=N)OC)c2)nc1NCCC)N(C)C(=O)/C=C/CN(C)C. The van der Waals surface area contributed by atoms with Crippen LogP contribution in [0.25, 0.3) is 0 Å². The number of benzene rings is 1. The predicted molar refractivity (Wildman–Crippen MR) is 177 cm³/mol.